The Kier molecular flexibility index (Phi) is 7.02. The smallest absolute Gasteiger partial charge is 0.343 e. The number of hydrogen-bond donors (Lipinski definition) is 0. The molecular weight excluding hydrogens is 394 g/mol. The molecule has 0 aromatic heterocycles. The van der Waals surface area contributed by atoms with Gasteiger partial charge in [0.25, 0.3) is 0 Å². The molecule has 0 saturated heterocycles. The van der Waals surface area contributed by atoms with Crippen LogP contribution in [0.3, 0.4) is 0 Å². The molecule has 0 aliphatic heterocycles. The molecule has 32 heavy (non-hydrogen) atoms. The van der Waals surface area contributed by atoms with E-state index in [-0.39, 0.29) is 5.97 Å². The maximum atomic E-state index is 12.4. The van der Waals surface area contributed by atoms with E-state index in [1.54, 1.807) is 24.3 Å². The van der Waals surface area contributed by atoms with Crippen LogP contribution in [-0.2, 0) is 0 Å². The number of benzene rings is 3. The van der Waals surface area contributed by atoms with E-state index in [9.17, 15) is 4.79 Å². The zero-order chi connectivity index (χ0) is 22.3. The monoisotopic (exact) mass is 423 g/mol. The van der Waals surface area contributed by atoms with Crippen LogP contribution in [0.1, 0.15) is 77.9 Å². The van der Waals surface area contributed by atoms with Crippen LogP contribution in [0, 0.1) is 17.2 Å². The van der Waals surface area contributed by atoms with Gasteiger partial charge < -0.3 is 4.74 Å². The minimum atomic E-state index is -0.375. The molecule has 0 radical (unpaired) electrons. The third-order valence-electron chi connectivity index (χ3n) is 6.71. The van der Waals surface area contributed by atoms with Crippen molar-refractivity contribution in [2.45, 2.75) is 50.9 Å². The third kappa shape index (κ3) is 5.45. The van der Waals surface area contributed by atoms with Gasteiger partial charge in [-0.25, -0.2) is 4.79 Å². The first-order chi connectivity index (χ1) is 15.6. The Hall–Kier alpha value is -3.38. The molecular formula is C29H29NO2. The molecule has 0 spiro atoms. The van der Waals surface area contributed by atoms with Crippen LogP contribution in [0.15, 0.2) is 78.9 Å². The van der Waals surface area contributed by atoms with Gasteiger partial charge in [0.05, 0.1) is 17.2 Å². The van der Waals surface area contributed by atoms with Crippen LogP contribution < -0.4 is 4.74 Å². The highest BCUT2D eigenvalue weighted by Gasteiger charge is 2.24. The average Bonchev–Trinajstić information content (AvgIpc) is 2.85. The van der Waals surface area contributed by atoms with Crippen molar-refractivity contribution in [2.75, 3.05) is 0 Å². The Bertz CT molecular complexity index is 1060. The molecule has 1 aliphatic carbocycles. The molecule has 162 valence electrons. The summed E-state index contributed by atoms with van der Waals surface area (Å²) in [6, 6.07) is 27.3. The number of nitrogens with zero attached hydrogens (tertiary/aromatic N) is 1. The summed E-state index contributed by atoms with van der Waals surface area (Å²) in [5, 5.41) is 8.86. The Labute approximate surface area is 190 Å². The van der Waals surface area contributed by atoms with E-state index in [2.05, 4.69) is 55.5 Å². The van der Waals surface area contributed by atoms with Gasteiger partial charge in [0.1, 0.15) is 5.75 Å². The highest BCUT2D eigenvalue weighted by Crippen LogP contribution is 2.39. The van der Waals surface area contributed by atoms with Crippen LogP contribution >= 0.6 is 0 Å². The number of rotatable bonds is 6. The molecule has 0 N–H and O–H groups in total. The summed E-state index contributed by atoms with van der Waals surface area (Å²) in [6.45, 7) is 2.34. The van der Waals surface area contributed by atoms with Crippen LogP contribution in [0.5, 0.6) is 5.75 Å². The Balaban J connectivity index is 1.29. The second-order valence-electron chi connectivity index (χ2n) is 8.91. The lowest BCUT2D eigenvalue weighted by Gasteiger charge is -2.30. The first-order valence-corrected chi connectivity index (χ1v) is 11.5. The molecule has 4 rings (SSSR count). The molecule has 3 aromatic carbocycles. The zero-order valence-corrected chi connectivity index (χ0v) is 18.5. The second-order valence-corrected chi connectivity index (χ2v) is 8.91. The van der Waals surface area contributed by atoms with Crippen molar-refractivity contribution >= 4 is 5.97 Å². The summed E-state index contributed by atoms with van der Waals surface area (Å²) in [5.41, 5.74) is 3.84. The van der Waals surface area contributed by atoms with Crippen molar-refractivity contribution in [1.82, 2.24) is 0 Å². The standard InChI is InChI=1S/C29H29NO2/c1-21(24-5-3-2-4-6-24)19-22-7-11-25(12-8-22)26-13-15-27(16-14-26)29(31)32-28-17-9-23(20-30)10-18-28/h2-6,9-10,13-18,21-22,25H,7-8,11-12,19H2,1H3/t21-,22?,25?/m0/s1. The topological polar surface area (TPSA) is 50.1 Å². The molecule has 1 saturated carbocycles. The van der Waals surface area contributed by atoms with E-state index in [0.29, 0.717) is 28.7 Å². The normalized spacial score (nSPS) is 19.0. The van der Waals surface area contributed by atoms with Gasteiger partial charge in [0, 0.05) is 0 Å². The van der Waals surface area contributed by atoms with Gasteiger partial charge in [0.15, 0.2) is 0 Å². The van der Waals surface area contributed by atoms with E-state index in [0.717, 1.165) is 5.92 Å². The number of carbonyl (C=O) groups excluding carboxylic acids is 1. The lowest BCUT2D eigenvalue weighted by atomic mass is 9.75. The van der Waals surface area contributed by atoms with Crippen molar-refractivity contribution < 1.29 is 9.53 Å². The van der Waals surface area contributed by atoms with Crippen LogP contribution in [0.2, 0.25) is 0 Å². The van der Waals surface area contributed by atoms with Crippen LogP contribution in [0.4, 0.5) is 0 Å². The predicted octanol–water partition coefficient (Wildman–Crippen LogP) is 7.25. The fourth-order valence-electron chi connectivity index (χ4n) is 4.80. The van der Waals surface area contributed by atoms with E-state index < -0.39 is 0 Å². The molecule has 0 bridgehead atoms. The highest BCUT2D eigenvalue weighted by atomic mass is 16.5. The van der Waals surface area contributed by atoms with Gasteiger partial charge in [-0.05, 0) is 97.4 Å². The molecule has 1 aliphatic rings. The second kappa shape index (κ2) is 10.3. The van der Waals surface area contributed by atoms with Gasteiger partial charge in [-0.2, -0.15) is 5.26 Å². The Morgan fingerprint density at radius 1 is 0.938 bits per heavy atom. The Morgan fingerprint density at radius 2 is 1.59 bits per heavy atom. The number of nitriles is 1. The summed E-state index contributed by atoms with van der Waals surface area (Å²) in [7, 11) is 0. The van der Waals surface area contributed by atoms with Gasteiger partial charge >= 0.3 is 5.97 Å². The number of carbonyl (C=O) groups is 1. The molecule has 0 amide bonds. The third-order valence-corrected chi connectivity index (χ3v) is 6.71. The quantitative estimate of drug-likeness (QED) is 0.310. The molecule has 3 nitrogen and oxygen atoms in total. The first-order valence-electron chi connectivity index (χ1n) is 11.5. The van der Waals surface area contributed by atoms with Gasteiger partial charge in [0.2, 0.25) is 0 Å². The summed E-state index contributed by atoms with van der Waals surface area (Å²) in [5.74, 6) is 2.05. The SMILES string of the molecule is C[C@@H](CC1CCC(c2ccc(C(=O)Oc3ccc(C#N)cc3)cc2)CC1)c1ccccc1. The van der Waals surface area contributed by atoms with Crippen LogP contribution in [0.25, 0.3) is 0 Å². The summed E-state index contributed by atoms with van der Waals surface area (Å²) in [4.78, 5) is 12.4. The van der Waals surface area contributed by atoms with Crippen LogP contribution in [-0.4, -0.2) is 5.97 Å². The average molecular weight is 424 g/mol. The van der Waals surface area contributed by atoms with Gasteiger partial charge in [-0.1, -0.05) is 49.4 Å². The number of hydrogen-bond acceptors (Lipinski definition) is 3. The summed E-state index contributed by atoms with van der Waals surface area (Å²) < 4.78 is 5.42. The fraction of sp³-hybridized carbons (Fsp3) is 0.310. The molecule has 1 fully saturated rings. The Morgan fingerprint density at radius 3 is 2.22 bits per heavy atom. The minimum Gasteiger partial charge on any atom is -0.423 e. The number of esters is 1. The number of ether oxygens (including phenoxy) is 1. The molecule has 3 aromatic rings. The first kappa shape index (κ1) is 21.8. The highest BCUT2D eigenvalue weighted by molar-refractivity contribution is 5.91. The van der Waals surface area contributed by atoms with Gasteiger partial charge in [-0.3, -0.25) is 0 Å². The van der Waals surface area contributed by atoms with E-state index in [1.807, 2.05) is 12.1 Å². The maximum Gasteiger partial charge on any atom is 0.343 e. The van der Waals surface area contributed by atoms with E-state index in [1.165, 1.54) is 43.2 Å². The lowest BCUT2D eigenvalue weighted by molar-refractivity contribution is 0.0734. The molecule has 0 heterocycles. The minimum absolute atomic E-state index is 0.375. The lowest BCUT2D eigenvalue weighted by Crippen LogP contribution is -2.15. The predicted molar refractivity (Wildman–Crippen MR) is 127 cm³/mol. The van der Waals surface area contributed by atoms with Crippen molar-refractivity contribution in [3.63, 3.8) is 0 Å². The summed E-state index contributed by atoms with van der Waals surface area (Å²) in [6.07, 6.45) is 6.22. The van der Waals surface area contributed by atoms with Crippen molar-refractivity contribution in [3.8, 4) is 11.8 Å². The zero-order valence-electron chi connectivity index (χ0n) is 18.5. The molecule has 3 heteroatoms. The largest absolute Gasteiger partial charge is 0.423 e. The summed E-state index contributed by atoms with van der Waals surface area (Å²) >= 11 is 0. The van der Waals surface area contributed by atoms with Crippen molar-refractivity contribution in [2.24, 2.45) is 5.92 Å². The van der Waals surface area contributed by atoms with E-state index in [4.69, 9.17) is 10.00 Å². The van der Waals surface area contributed by atoms with Crippen molar-refractivity contribution in [1.29, 1.82) is 5.26 Å². The molecule has 1 atom stereocenters. The fourth-order valence-corrected chi connectivity index (χ4v) is 4.80. The molecule has 0 unspecified atom stereocenters. The maximum absolute atomic E-state index is 12.4. The van der Waals surface area contributed by atoms with E-state index >= 15 is 0 Å². The van der Waals surface area contributed by atoms with Crippen molar-refractivity contribution in [3.05, 3.63) is 101 Å². The van der Waals surface area contributed by atoms with Gasteiger partial charge in [-0.15, -0.1) is 0 Å².